The van der Waals surface area contributed by atoms with Crippen LogP contribution in [0.25, 0.3) is 5.70 Å². The molecule has 0 bridgehead atoms. The number of rotatable bonds is 4. The normalized spacial score (nSPS) is 17.1. The molecule has 0 radical (unpaired) electrons. The molecule has 1 aromatic carbocycles. The Labute approximate surface area is 165 Å². The van der Waals surface area contributed by atoms with Gasteiger partial charge in [-0.05, 0) is 36.4 Å². The number of carbonyl (C=O) groups is 2. The molecule has 28 heavy (non-hydrogen) atoms. The fourth-order valence-electron chi connectivity index (χ4n) is 3.61. The lowest BCUT2D eigenvalue weighted by Gasteiger charge is -2.33. The Bertz CT molecular complexity index is 1040. The van der Waals surface area contributed by atoms with Crippen molar-refractivity contribution >= 4 is 28.9 Å². The summed E-state index contributed by atoms with van der Waals surface area (Å²) < 4.78 is 0. The molecule has 0 saturated heterocycles. The Hall–Kier alpha value is -3.26. The fraction of sp³-hybridized carbons (Fsp3) is 0.200. The molecule has 1 N–H and O–H groups in total. The second-order valence-corrected chi connectivity index (χ2v) is 7.36. The second-order valence-electron chi connectivity index (χ2n) is 6.42. The minimum absolute atomic E-state index is 0.128. The minimum Gasteiger partial charge on any atom is -0.478 e. The van der Waals surface area contributed by atoms with Crippen molar-refractivity contribution in [3.63, 3.8) is 0 Å². The average Bonchev–Trinajstić information content (AvgIpc) is 3.14. The van der Waals surface area contributed by atoms with Gasteiger partial charge in [-0.15, -0.1) is 11.3 Å². The number of hydrogen-bond acceptors (Lipinski definition) is 5. The van der Waals surface area contributed by atoms with Crippen molar-refractivity contribution in [1.82, 2.24) is 4.90 Å². The number of allylic oxidation sites excluding steroid dienone is 2. The third-order valence-electron chi connectivity index (χ3n) is 4.75. The SMILES string of the molecule is CC(=O)N1C(C)=C(C(=O)O)C(c2ccccc2C)C([N+](=O)[O-])=C1c1cccs1. The first-order valence-corrected chi connectivity index (χ1v) is 9.36. The van der Waals surface area contributed by atoms with Gasteiger partial charge in [-0.3, -0.25) is 19.8 Å². The van der Waals surface area contributed by atoms with Gasteiger partial charge in [0.25, 0.3) is 5.70 Å². The number of hydrogen-bond donors (Lipinski definition) is 1. The van der Waals surface area contributed by atoms with Crippen LogP contribution >= 0.6 is 11.3 Å². The molecule has 0 spiro atoms. The molecule has 0 aliphatic carbocycles. The van der Waals surface area contributed by atoms with Crippen molar-refractivity contribution in [2.45, 2.75) is 26.7 Å². The molecular formula is C20H18N2O5S. The van der Waals surface area contributed by atoms with Crippen molar-refractivity contribution in [1.29, 1.82) is 0 Å². The first-order chi connectivity index (χ1) is 13.3. The standard InChI is InChI=1S/C20H18N2O5S/c1-11-7-4-5-8-14(11)17-16(20(24)25)12(2)21(13(3)23)18(19(17)22(26)27)15-9-6-10-28-15/h4-10,17H,1-3H3,(H,24,25). The molecular weight excluding hydrogens is 380 g/mol. The molecule has 1 aromatic heterocycles. The van der Waals surface area contributed by atoms with Gasteiger partial charge in [0.2, 0.25) is 5.91 Å². The summed E-state index contributed by atoms with van der Waals surface area (Å²) in [5, 5.41) is 23.9. The van der Waals surface area contributed by atoms with Gasteiger partial charge in [0.15, 0.2) is 0 Å². The zero-order valence-corrected chi connectivity index (χ0v) is 16.3. The van der Waals surface area contributed by atoms with Crippen molar-refractivity contribution in [2.75, 3.05) is 0 Å². The highest BCUT2D eigenvalue weighted by Gasteiger charge is 2.46. The lowest BCUT2D eigenvalue weighted by atomic mass is 9.81. The molecule has 1 amide bonds. The van der Waals surface area contributed by atoms with Gasteiger partial charge in [0.1, 0.15) is 11.6 Å². The van der Waals surface area contributed by atoms with Crippen LogP contribution in [0.5, 0.6) is 0 Å². The number of thiophene rings is 1. The van der Waals surface area contributed by atoms with E-state index in [1.54, 1.807) is 48.7 Å². The largest absolute Gasteiger partial charge is 0.478 e. The predicted molar refractivity (Wildman–Crippen MR) is 105 cm³/mol. The molecule has 2 heterocycles. The van der Waals surface area contributed by atoms with Gasteiger partial charge >= 0.3 is 5.97 Å². The predicted octanol–water partition coefficient (Wildman–Crippen LogP) is 4.01. The summed E-state index contributed by atoms with van der Waals surface area (Å²) in [5.41, 5.74) is 1.10. The van der Waals surface area contributed by atoms with E-state index in [4.69, 9.17) is 0 Å². The van der Waals surface area contributed by atoms with Gasteiger partial charge in [0, 0.05) is 12.6 Å². The fourth-order valence-corrected chi connectivity index (χ4v) is 4.38. The van der Waals surface area contributed by atoms with Crippen LogP contribution in [0, 0.1) is 17.0 Å². The summed E-state index contributed by atoms with van der Waals surface area (Å²) in [7, 11) is 0. The molecule has 8 heteroatoms. The van der Waals surface area contributed by atoms with Crippen molar-refractivity contribution in [3.05, 3.63) is 84.9 Å². The van der Waals surface area contributed by atoms with E-state index in [9.17, 15) is 24.8 Å². The monoisotopic (exact) mass is 398 g/mol. The van der Waals surface area contributed by atoms with Crippen LogP contribution in [-0.4, -0.2) is 26.8 Å². The molecule has 0 fully saturated rings. The van der Waals surface area contributed by atoms with Gasteiger partial charge in [0.05, 0.1) is 15.4 Å². The Balaban J connectivity index is 2.46. The van der Waals surface area contributed by atoms with Gasteiger partial charge < -0.3 is 5.11 Å². The average molecular weight is 398 g/mol. The van der Waals surface area contributed by atoms with Crippen LogP contribution in [0.2, 0.25) is 0 Å². The van der Waals surface area contributed by atoms with E-state index in [0.717, 1.165) is 10.5 Å². The van der Waals surface area contributed by atoms with Crippen molar-refractivity contribution in [3.8, 4) is 0 Å². The molecule has 1 atom stereocenters. The lowest BCUT2D eigenvalue weighted by Crippen LogP contribution is -2.36. The summed E-state index contributed by atoms with van der Waals surface area (Å²) in [6, 6.07) is 10.4. The highest BCUT2D eigenvalue weighted by atomic mass is 32.1. The summed E-state index contributed by atoms with van der Waals surface area (Å²) in [6.45, 7) is 4.56. The number of aryl methyl sites for hydroxylation is 1. The van der Waals surface area contributed by atoms with Crippen LogP contribution in [0.1, 0.15) is 35.8 Å². The van der Waals surface area contributed by atoms with Gasteiger partial charge in [-0.1, -0.05) is 30.3 Å². The maximum Gasteiger partial charge on any atom is 0.334 e. The van der Waals surface area contributed by atoms with Crippen LogP contribution in [0.4, 0.5) is 0 Å². The molecule has 2 aromatic rings. The summed E-state index contributed by atoms with van der Waals surface area (Å²) in [5.74, 6) is -2.87. The Kier molecular flexibility index (Phi) is 5.15. The van der Waals surface area contributed by atoms with Crippen LogP contribution in [0.3, 0.4) is 0 Å². The van der Waals surface area contributed by atoms with E-state index >= 15 is 0 Å². The number of nitro groups is 1. The van der Waals surface area contributed by atoms with Crippen LogP contribution in [-0.2, 0) is 9.59 Å². The maximum absolute atomic E-state index is 12.4. The van der Waals surface area contributed by atoms with Gasteiger partial charge in [-0.2, -0.15) is 0 Å². The molecule has 144 valence electrons. The van der Waals surface area contributed by atoms with E-state index < -0.39 is 22.7 Å². The smallest absolute Gasteiger partial charge is 0.334 e. The lowest BCUT2D eigenvalue weighted by molar-refractivity contribution is -0.429. The topological polar surface area (TPSA) is 101 Å². The number of amides is 1. The quantitative estimate of drug-likeness (QED) is 0.619. The van der Waals surface area contributed by atoms with E-state index in [1.807, 2.05) is 0 Å². The number of aliphatic carboxylic acids is 1. The number of carboxylic acids is 1. The number of carboxylic acid groups (broad SMARTS) is 1. The number of carbonyl (C=O) groups excluding carboxylic acids is 1. The van der Waals surface area contributed by atoms with Gasteiger partial charge in [-0.25, -0.2) is 4.79 Å². The number of benzene rings is 1. The molecule has 7 nitrogen and oxygen atoms in total. The maximum atomic E-state index is 12.4. The zero-order chi connectivity index (χ0) is 20.6. The molecule has 1 aliphatic rings. The highest BCUT2D eigenvalue weighted by Crippen LogP contribution is 2.46. The van der Waals surface area contributed by atoms with E-state index in [0.29, 0.717) is 10.4 Å². The van der Waals surface area contributed by atoms with E-state index in [2.05, 4.69) is 0 Å². The summed E-state index contributed by atoms with van der Waals surface area (Å²) in [4.78, 5) is 37.9. The summed E-state index contributed by atoms with van der Waals surface area (Å²) in [6.07, 6.45) is 0. The Morgan fingerprint density at radius 2 is 1.86 bits per heavy atom. The van der Waals surface area contributed by atoms with E-state index in [1.165, 1.54) is 25.2 Å². The highest BCUT2D eigenvalue weighted by molar-refractivity contribution is 7.11. The zero-order valence-electron chi connectivity index (χ0n) is 15.5. The first kappa shape index (κ1) is 19.5. The Morgan fingerprint density at radius 1 is 1.18 bits per heavy atom. The molecule has 1 aliphatic heterocycles. The third kappa shape index (κ3) is 3.11. The molecule has 3 rings (SSSR count). The van der Waals surface area contributed by atoms with Crippen molar-refractivity contribution < 1.29 is 19.6 Å². The minimum atomic E-state index is -1.29. The number of nitrogens with zero attached hydrogens (tertiary/aromatic N) is 2. The molecule has 0 saturated carbocycles. The Morgan fingerprint density at radius 3 is 2.36 bits per heavy atom. The van der Waals surface area contributed by atoms with Crippen LogP contribution in [0.15, 0.2) is 58.7 Å². The third-order valence-corrected chi connectivity index (χ3v) is 5.63. The van der Waals surface area contributed by atoms with Crippen molar-refractivity contribution in [2.24, 2.45) is 0 Å². The van der Waals surface area contributed by atoms with E-state index in [-0.39, 0.29) is 22.7 Å². The first-order valence-electron chi connectivity index (χ1n) is 8.48. The molecule has 1 unspecified atom stereocenters. The second kappa shape index (κ2) is 7.40. The summed E-state index contributed by atoms with van der Waals surface area (Å²) >= 11 is 1.26. The van der Waals surface area contributed by atoms with Crippen LogP contribution < -0.4 is 0 Å².